The van der Waals surface area contributed by atoms with Crippen LogP contribution >= 0.6 is 11.8 Å². The monoisotopic (exact) mass is 266 g/mol. The Morgan fingerprint density at radius 1 is 0.947 bits per heavy atom. The van der Waals surface area contributed by atoms with E-state index in [9.17, 15) is 0 Å². The third kappa shape index (κ3) is 2.78. The molecule has 0 radical (unpaired) electrons. The van der Waals surface area contributed by atoms with Crippen LogP contribution in [0.4, 0.5) is 0 Å². The van der Waals surface area contributed by atoms with Gasteiger partial charge in [-0.1, -0.05) is 48.2 Å². The largest absolute Gasteiger partial charge is 0.326 e. The van der Waals surface area contributed by atoms with Gasteiger partial charge in [0.05, 0.1) is 0 Å². The summed E-state index contributed by atoms with van der Waals surface area (Å²) < 4.78 is 0. The van der Waals surface area contributed by atoms with Crippen LogP contribution in [0.5, 0.6) is 0 Å². The predicted molar refractivity (Wildman–Crippen MR) is 80.2 cm³/mol. The average Bonchev–Trinajstić information content (AvgIpc) is 2.48. The molecule has 0 amide bonds. The lowest BCUT2D eigenvalue weighted by Gasteiger charge is -2.04. The Bertz CT molecular complexity index is 692. The summed E-state index contributed by atoms with van der Waals surface area (Å²) in [5, 5.41) is 3.51. The number of nitrogens with two attached hydrogens (primary N) is 1. The molecule has 0 saturated carbocycles. The molecule has 3 heteroatoms. The molecule has 2 aromatic carbocycles. The molecule has 2 nitrogen and oxygen atoms in total. The average molecular weight is 266 g/mol. The first kappa shape index (κ1) is 12.2. The molecule has 0 spiro atoms. The van der Waals surface area contributed by atoms with Crippen LogP contribution in [0.3, 0.4) is 0 Å². The Morgan fingerprint density at radius 2 is 1.79 bits per heavy atom. The fourth-order valence-electron chi connectivity index (χ4n) is 1.94. The Hall–Kier alpha value is -1.84. The Kier molecular flexibility index (Phi) is 3.49. The van der Waals surface area contributed by atoms with Crippen molar-refractivity contribution in [2.24, 2.45) is 5.73 Å². The normalized spacial score (nSPS) is 10.8. The number of benzene rings is 2. The molecule has 0 aliphatic rings. The van der Waals surface area contributed by atoms with Gasteiger partial charge in [0.1, 0.15) is 5.03 Å². The van der Waals surface area contributed by atoms with Crippen molar-refractivity contribution in [3.8, 4) is 0 Å². The third-order valence-electron chi connectivity index (χ3n) is 2.98. The minimum Gasteiger partial charge on any atom is -0.326 e. The van der Waals surface area contributed by atoms with Crippen molar-refractivity contribution in [2.45, 2.75) is 16.5 Å². The summed E-state index contributed by atoms with van der Waals surface area (Å²) in [6, 6.07) is 18.9. The zero-order valence-corrected chi connectivity index (χ0v) is 11.2. The third-order valence-corrected chi connectivity index (χ3v) is 3.92. The molecule has 0 atom stereocenters. The van der Waals surface area contributed by atoms with Gasteiger partial charge in [-0.05, 0) is 34.5 Å². The van der Waals surface area contributed by atoms with E-state index in [0.717, 1.165) is 10.6 Å². The molecule has 3 aromatic rings. The summed E-state index contributed by atoms with van der Waals surface area (Å²) in [6.07, 6.45) is 1.84. The second-order valence-corrected chi connectivity index (χ2v) is 5.41. The molecule has 0 saturated heterocycles. The maximum atomic E-state index is 5.57. The Balaban J connectivity index is 1.87. The van der Waals surface area contributed by atoms with Crippen LogP contribution in [0.1, 0.15) is 5.56 Å². The lowest BCUT2D eigenvalue weighted by Crippen LogP contribution is -1.96. The summed E-state index contributed by atoms with van der Waals surface area (Å²) in [5.74, 6) is 0. The van der Waals surface area contributed by atoms with Gasteiger partial charge in [-0.3, -0.25) is 0 Å². The van der Waals surface area contributed by atoms with Gasteiger partial charge < -0.3 is 5.73 Å². The number of hydrogen-bond acceptors (Lipinski definition) is 3. The molecule has 1 heterocycles. The van der Waals surface area contributed by atoms with Gasteiger partial charge in [-0.15, -0.1) is 0 Å². The molecule has 1 aromatic heterocycles. The highest BCUT2D eigenvalue weighted by Gasteiger charge is 2.00. The minimum atomic E-state index is 0.536. The fraction of sp³-hybridized carbons (Fsp3) is 0.0625. The van der Waals surface area contributed by atoms with Gasteiger partial charge >= 0.3 is 0 Å². The quantitative estimate of drug-likeness (QED) is 0.782. The lowest BCUT2D eigenvalue weighted by molar-refractivity contribution is 1.01. The minimum absolute atomic E-state index is 0.536. The predicted octanol–water partition coefficient (Wildman–Crippen LogP) is 3.84. The van der Waals surface area contributed by atoms with E-state index >= 15 is 0 Å². The van der Waals surface area contributed by atoms with Crippen LogP contribution in [0.15, 0.2) is 70.7 Å². The lowest BCUT2D eigenvalue weighted by atomic mass is 10.1. The molecular weight excluding hydrogens is 252 g/mol. The van der Waals surface area contributed by atoms with Crippen LogP contribution in [0.25, 0.3) is 10.8 Å². The van der Waals surface area contributed by atoms with Crippen molar-refractivity contribution in [1.82, 2.24) is 4.98 Å². The summed E-state index contributed by atoms with van der Waals surface area (Å²) in [6.45, 7) is 0.536. The number of pyridine rings is 1. The van der Waals surface area contributed by atoms with Crippen LogP contribution < -0.4 is 5.73 Å². The molecule has 3 rings (SSSR count). The molecule has 94 valence electrons. The summed E-state index contributed by atoms with van der Waals surface area (Å²) >= 11 is 1.67. The van der Waals surface area contributed by atoms with Crippen molar-refractivity contribution in [2.75, 3.05) is 0 Å². The number of hydrogen-bond donors (Lipinski definition) is 1. The van der Waals surface area contributed by atoms with E-state index in [1.54, 1.807) is 11.8 Å². The second kappa shape index (κ2) is 5.43. The number of fused-ring (bicyclic) bond motifs is 1. The second-order valence-electron chi connectivity index (χ2n) is 4.32. The van der Waals surface area contributed by atoms with Crippen LogP contribution in [0.2, 0.25) is 0 Å². The van der Waals surface area contributed by atoms with Gasteiger partial charge in [0.15, 0.2) is 0 Å². The first-order chi connectivity index (χ1) is 9.35. The molecule has 0 bridgehead atoms. The van der Waals surface area contributed by atoms with E-state index in [4.69, 9.17) is 5.73 Å². The highest BCUT2D eigenvalue weighted by molar-refractivity contribution is 7.99. The van der Waals surface area contributed by atoms with Crippen LogP contribution in [0, 0.1) is 0 Å². The molecule has 0 fully saturated rings. The molecule has 0 aliphatic heterocycles. The first-order valence-electron chi connectivity index (χ1n) is 6.17. The highest BCUT2D eigenvalue weighted by atomic mass is 32.2. The van der Waals surface area contributed by atoms with E-state index in [1.807, 2.05) is 18.3 Å². The first-order valence-corrected chi connectivity index (χ1v) is 6.98. The van der Waals surface area contributed by atoms with Crippen molar-refractivity contribution in [3.63, 3.8) is 0 Å². The Morgan fingerprint density at radius 3 is 2.53 bits per heavy atom. The maximum absolute atomic E-state index is 5.57. The zero-order chi connectivity index (χ0) is 13.1. The molecule has 2 N–H and O–H groups in total. The SMILES string of the molecule is NCc1ccc(Sc2ccc3ccccc3c2)nc1. The Labute approximate surface area is 116 Å². The van der Waals surface area contributed by atoms with Crippen molar-refractivity contribution in [1.29, 1.82) is 0 Å². The maximum Gasteiger partial charge on any atom is 0.101 e. The molecule has 19 heavy (non-hydrogen) atoms. The van der Waals surface area contributed by atoms with E-state index < -0.39 is 0 Å². The van der Waals surface area contributed by atoms with Crippen molar-refractivity contribution in [3.05, 3.63) is 66.4 Å². The fourth-order valence-corrected chi connectivity index (χ4v) is 2.75. The van der Waals surface area contributed by atoms with Crippen molar-refractivity contribution >= 4 is 22.5 Å². The van der Waals surface area contributed by atoms with Gasteiger partial charge in [0.2, 0.25) is 0 Å². The zero-order valence-electron chi connectivity index (χ0n) is 10.4. The van der Waals surface area contributed by atoms with E-state index in [1.165, 1.54) is 15.7 Å². The van der Waals surface area contributed by atoms with Crippen LogP contribution in [-0.2, 0) is 6.54 Å². The van der Waals surface area contributed by atoms with Gasteiger partial charge in [0.25, 0.3) is 0 Å². The van der Waals surface area contributed by atoms with E-state index in [2.05, 4.69) is 47.4 Å². The molecule has 0 unspecified atom stereocenters. The number of rotatable bonds is 3. The number of nitrogens with zero attached hydrogens (tertiary/aromatic N) is 1. The van der Waals surface area contributed by atoms with Crippen LogP contribution in [-0.4, -0.2) is 4.98 Å². The number of aromatic nitrogens is 1. The highest BCUT2D eigenvalue weighted by Crippen LogP contribution is 2.28. The summed E-state index contributed by atoms with van der Waals surface area (Å²) in [7, 11) is 0. The van der Waals surface area contributed by atoms with E-state index in [0.29, 0.717) is 6.54 Å². The molecular formula is C16H14N2S. The summed E-state index contributed by atoms with van der Waals surface area (Å²) in [5.41, 5.74) is 6.63. The standard InChI is InChI=1S/C16H14N2S/c17-10-12-5-8-16(18-11-12)19-15-7-6-13-3-1-2-4-14(13)9-15/h1-9,11H,10,17H2. The molecule has 0 aliphatic carbocycles. The van der Waals surface area contributed by atoms with Crippen molar-refractivity contribution < 1.29 is 0 Å². The van der Waals surface area contributed by atoms with Gasteiger partial charge in [-0.25, -0.2) is 4.98 Å². The van der Waals surface area contributed by atoms with E-state index in [-0.39, 0.29) is 0 Å². The van der Waals surface area contributed by atoms with Gasteiger partial charge in [0, 0.05) is 17.6 Å². The van der Waals surface area contributed by atoms with Gasteiger partial charge in [-0.2, -0.15) is 0 Å². The smallest absolute Gasteiger partial charge is 0.101 e. The topological polar surface area (TPSA) is 38.9 Å². The summed E-state index contributed by atoms with van der Waals surface area (Å²) in [4.78, 5) is 5.61.